The van der Waals surface area contributed by atoms with E-state index in [0.29, 0.717) is 18.6 Å². The number of hydrogen-bond donors (Lipinski definition) is 2. The first-order valence-electron chi connectivity index (χ1n) is 6.55. The highest BCUT2D eigenvalue weighted by molar-refractivity contribution is 5.76. The normalized spacial score (nSPS) is 23.5. The van der Waals surface area contributed by atoms with Crippen molar-refractivity contribution in [3.8, 4) is 0 Å². The molecule has 1 heterocycles. The van der Waals surface area contributed by atoms with E-state index in [2.05, 4.69) is 32.6 Å². The molecular formula is C13H27N3O. The summed E-state index contributed by atoms with van der Waals surface area (Å²) < 4.78 is 6.01. The predicted molar refractivity (Wildman–Crippen MR) is 71.4 cm³/mol. The number of ether oxygens (including phenoxy) is 1. The molecule has 0 spiro atoms. The van der Waals surface area contributed by atoms with Gasteiger partial charge in [0.05, 0.1) is 17.5 Å². The van der Waals surface area contributed by atoms with E-state index in [1.54, 1.807) is 0 Å². The van der Waals surface area contributed by atoms with E-state index in [-0.39, 0.29) is 11.4 Å². The first kappa shape index (κ1) is 14.5. The topological polar surface area (TPSA) is 62.3 Å². The maximum absolute atomic E-state index is 7.30. The van der Waals surface area contributed by atoms with E-state index >= 15 is 0 Å². The van der Waals surface area contributed by atoms with Gasteiger partial charge >= 0.3 is 0 Å². The first-order chi connectivity index (χ1) is 7.80. The van der Waals surface area contributed by atoms with E-state index in [1.165, 1.54) is 0 Å². The molecule has 0 aromatic heterocycles. The monoisotopic (exact) mass is 241 g/mol. The second-order valence-corrected chi connectivity index (χ2v) is 5.90. The fourth-order valence-corrected chi connectivity index (χ4v) is 2.29. The number of hydrogen-bond acceptors (Lipinski definition) is 3. The molecule has 1 fully saturated rings. The van der Waals surface area contributed by atoms with Crippen LogP contribution in [0.3, 0.4) is 0 Å². The van der Waals surface area contributed by atoms with Gasteiger partial charge in [-0.2, -0.15) is 0 Å². The van der Waals surface area contributed by atoms with Crippen LogP contribution in [0.2, 0.25) is 0 Å². The van der Waals surface area contributed by atoms with Gasteiger partial charge in [-0.15, -0.1) is 0 Å². The fourth-order valence-electron chi connectivity index (χ4n) is 2.29. The summed E-state index contributed by atoms with van der Waals surface area (Å²) >= 11 is 0. The molecule has 0 amide bonds. The zero-order valence-corrected chi connectivity index (χ0v) is 11.6. The standard InChI is InChI=1S/C13H27N3O/c1-10(2)16(8-6-12(14)15)9-11-5-7-13(3,4)17-11/h10-11H,5-9H2,1-4H3,(H3,14,15). The molecule has 0 bridgehead atoms. The Bertz CT molecular complexity index is 263. The molecule has 0 radical (unpaired) electrons. The molecule has 0 saturated carbocycles. The largest absolute Gasteiger partial charge is 0.388 e. The van der Waals surface area contributed by atoms with Gasteiger partial charge in [0.1, 0.15) is 0 Å². The second-order valence-electron chi connectivity index (χ2n) is 5.90. The molecule has 100 valence electrons. The molecule has 0 aromatic carbocycles. The van der Waals surface area contributed by atoms with Crippen LogP contribution in [-0.4, -0.2) is 41.6 Å². The summed E-state index contributed by atoms with van der Waals surface area (Å²) in [6, 6.07) is 0.474. The Balaban J connectivity index is 2.42. The van der Waals surface area contributed by atoms with Crippen molar-refractivity contribution in [2.75, 3.05) is 13.1 Å². The Morgan fingerprint density at radius 1 is 1.53 bits per heavy atom. The molecule has 1 atom stereocenters. The highest BCUT2D eigenvalue weighted by Gasteiger charge is 2.32. The van der Waals surface area contributed by atoms with E-state index in [1.807, 2.05) is 0 Å². The summed E-state index contributed by atoms with van der Waals surface area (Å²) in [7, 11) is 0. The van der Waals surface area contributed by atoms with Gasteiger partial charge in [0.2, 0.25) is 0 Å². The van der Waals surface area contributed by atoms with Crippen LogP contribution in [0.25, 0.3) is 0 Å². The number of nitrogens with one attached hydrogen (secondary N) is 1. The van der Waals surface area contributed by atoms with Crippen LogP contribution in [-0.2, 0) is 4.74 Å². The molecular weight excluding hydrogens is 214 g/mol. The minimum Gasteiger partial charge on any atom is -0.388 e. The summed E-state index contributed by atoms with van der Waals surface area (Å²) in [5.41, 5.74) is 5.45. The second kappa shape index (κ2) is 5.83. The summed E-state index contributed by atoms with van der Waals surface area (Å²) in [5, 5.41) is 7.30. The maximum Gasteiger partial charge on any atom is 0.0918 e. The SMILES string of the molecule is CC(C)N(CCC(=N)N)CC1CCC(C)(C)O1. The smallest absolute Gasteiger partial charge is 0.0918 e. The average molecular weight is 241 g/mol. The molecule has 1 unspecified atom stereocenters. The van der Waals surface area contributed by atoms with E-state index in [4.69, 9.17) is 15.9 Å². The fraction of sp³-hybridized carbons (Fsp3) is 0.923. The van der Waals surface area contributed by atoms with Crippen molar-refractivity contribution >= 4 is 5.84 Å². The van der Waals surface area contributed by atoms with Crippen LogP contribution in [0, 0.1) is 5.41 Å². The zero-order chi connectivity index (χ0) is 13.1. The maximum atomic E-state index is 7.30. The van der Waals surface area contributed by atoms with Crippen LogP contribution in [0.1, 0.15) is 47.0 Å². The molecule has 17 heavy (non-hydrogen) atoms. The van der Waals surface area contributed by atoms with E-state index < -0.39 is 0 Å². The van der Waals surface area contributed by atoms with Gasteiger partial charge in [-0.3, -0.25) is 10.3 Å². The van der Waals surface area contributed by atoms with E-state index in [0.717, 1.165) is 25.9 Å². The molecule has 1 saturated heterocycles. The van der Waals surface area contributed by atoms with Crippen molar-refractivity contribution in [2.24, 2.45) is 5.73 Å². The zero-order valence-electron chi connectivity index (χ0n) is 11.6. The highest BCUT2D eigenvalue weighted by atomic mass is 16.5. The lowest BCUT2D eigenvalue weighted by atomic mass is 10.1. The lowest BCUT2D eigenvalue weighted by Gasteiger charge is -2.29. The molecule has 0 aromatic rings. The van der Waals surface area contributed by atoms with Crippen LogP contribution >= 0.6 is 0 Å². The Labute approximate surface area is 105 Å². The third-order valence-electron chi connectivity index (χ3n) is 3.39. The third-order valence-corrected chi connectivity index (χ3v) is 3.39. The average Bonchev–Trinajstić information content (AvgIpc) is 2.52. The number of nitrogens with two attached hydrogens (primary N) is 1. The molecule has 4 heteroatoms. The van der Waals surface area contributed by atoms with Gasteiger partial charge in [0, 0.05) is 25.6 Å². The molecule has 1 aliphatic rings. The number of rotatable bonds is 6. The Morgan fingerprint density at radius 3 is 2.59 bits per heavy atom. The minimum atomic E-state index is 0.0356. The van der Waals surface area contributed by atoms with Gasteiger partial charge in [-0.05, 0) is 40.5 Å². The lowest BCUT2D eigenvalue weighted by Crippen LogP contribution is -2.40. The van der Waals surface area contributed by atoms with Crippen molar-refractivity contribution in [3.05, 3.63) is 0 Å². The van der Waals surface area contributed by atoms with Crippen molar-refractivity contribution in [1.29, 1.82) is 5.41 Å². The van der Waals surface area contributed by atoms with Crippen LogP contribution in [0.4, 0.5) is 0 Å². The van der Waals surface area contributed by atoms with Crippen molar-refractivity contribution < 1.29 is 4.74 Å². The van der Waals surface area contributed by atoms with Gasteiger partial charge in [-0.25, -0.2) is 0 Å². The predicted octanol–water partition coefficient (Wildman–Crippen LogP) is 1.98. The summed E-state index contributed by atoms with van der Waals surface area (Å²) in [5.74, 6) is 0.267. The molecule has 1 rings (SSSR count). The number of amidine groups is 1. The van der Waals surface area contributed by atoms with Gasteiger partial charge in [0.25, 0.3) is 0 Å². The van der Waals surface area contributed by atoms with Crippen molar-refractivity contribution in [3.63, 3.8) is 0 Å². The Kier molecular flexibility index (Phi) is 4.95. The third kappa shape index (κ3) is 5.04. The first-order valence-corrected chi connectivity index (χ1v) is 6.55. The number of nitrogens with zero attached hydrogens (tertiary/aromatic N) is 1. The Hall–Kier alpha value is -0.610. The van der Waals surface area contributed by atoms with Gasteiger partial charge in [-0.1, -0.05) is 0 Å². The minimum absolute atomic E-state index is 0.0356. The molecule has 4 nitrogen and oxygen atoms in total. The van der Waals surface area contributed by atoms with Gasteiger partial charge < -0.3 is 10.5 Å². The summed E-state index contributed by atoms with van der Waals surface area (Å²) in [6.07, 6.45) is 3.25. The van der Waals surface area contributed by atoms with Gasteiger partial charge in [0.15, 0.2) is 0 Å². The molecule has 0 aliphatic carbocycles. The summed E-state index contributed by atoms with van der Waals surface area (Å²) in [4.78, 5) is 2.35. The highest BCUT2D eigenvalue weighted by Crippen LogP contribution is 2.29. The van der Waals surface area contributed by atoms with E-state index in [9.17, 15) is 0 Å². The summed E-state index contributed by atoms with van der Waals surface area (Å²) in [6.45, 7) is 10.5. The van der Waals surface area contributed by atoms with Crippen molar-refractivity contribution in [2.45, 2.75) is 64.7 Å². The van der Waals surface area contributed by atoms with Crippen LogP contribution in [0.15, 0.2) is 0 Å². The van der Waals surface area contributed by atoms with Crippen LogP contribution in [0.5, 0.6) is 0 Å². The van der Waals surface area contributed by atoms with Crippen molar-refractivity contribution in [1.82, 2.24) is 4.90 Å². The lowest BCUT2D eigenvalue weighted by molar-refractivity contribution is -0.0318. The quantitative estimate of drug-likeness (QED) is 0.552. The van der Waals surface area contributed by atoms with Crippen LogP contribution < -0.4 is 5.73 Å². The Morgan fingerprint density at radius 2 is 2.18 bits per heavy atom. The molecule has 1 aliphatic heterocycles. The molecule has 3 N–H and O–H groups in total.